The summed E-state index contributed by atoms with van der Waals surface area (Å²) in [5.41, 5.74) is 1.15. The van der Waals surface area contributed by atoms with Crippen molar-refractivity contribution >= 4 is 29.0 Å². The number of nitrogens with one attached hydrogen (secondary N) is 1. The van der Waals surface area contributed by atoms with E-state index in [1.165, 1.54) is 9.80 Å². The minimum Gasteiger partial charge on any atom is -0.349 e. The maximum absolute atomic E-state index is 13.3. The average Bonchev–Trinajstić information content (AvgIpc) is 3.29. The van der Waals surface area contributed by atoms with E-state index in [1.807, 2.05) is 6.07 Å². The third-order valence-corrected chi connectivity index (χ3v) is 5.94. The topological polar surface area (TPSA) is 110 Å². The second-order valence-electron chi connectivity index (χ2n) is 8.02. The molecule has 2 aromatic rings. The van der Waals surface area contributed by atoms with Crippen molar-refractivity contribution in [2.75, 3.05) is 13.6 Å². The van der Waals surface area contributed by atoms with Gasteiger partial charge in [0.1, 0.15) is 24.1 Å². The summed E-state index contributed by atoms with van der Waals surface area (Å²) in [6.45, 7) is 0.238. The van der Waals surface area contributed by atoms with Crippen molar-refractivity contribution in [3.05, 3.63) is 30.2 Å². The molecular weight excluding hydrogens is 370 g/mol. The molecule has 29 heavy (non-hydrogen) atoms. The second kappa shape index (κ2) is 7.66. The molecule has 1 saturated carbocycles. The average molecular weight is 393 g/mol. The molecule has 0 spiro atoms. The molecule has 3 unspecified atom stereocenters. The lowest BCUT2D eigenvalue weighted by atomic mass is 10.1. The van der Waals surface area contributed by atoms with Gasteiger partial charge in [0, 0.05) is 31.1 Å². The SMILES string of the molecule is CN(C(=O)c1cc2ccncc2[nH]1)C(CC1CC1)C(=O)N1CC(C=O)CC1C#N. The molecule has 3 heterocycles. The van der Waals surface area contributed by atoms with Gasteiger partial charge in [-0.05, 0) is 30.9 Å². The Bertz CT molecular complexity index is 957. The summed E-state index contributed by atoms with van der Waals surface area (Å²) >= 11 is 0. The van der Waals surface area contributed by atoms with E-state index in [-0.39, 0.29) is 24.3 Å². The lowest BCUT2D eigenvalue weighted by Gasteiger charge is -2.32. The largest absolute Gasteiger partial charge is 0.349 e. The fourth-order valence-electron chi connectivity index (χ4n) is 4.04. The summed E-state index contributed by atoms with van der Waals surface area (Å²) in [4.78, 5) is 47.7. The number of aromatic nitrogens is 2. The highest BCUT2D eigenvalue weighted by Crippen LogP contribution is 2.36. The van der Waals surface area contributed by atoms with Gasteiger partial charge in [0.25, 0.3) is 5.91 Å². The van der Waals surface area contributed by atoms with Gasteiger partial charge >= 0.3 is 0 Å². The Balaban J connectivity index is 1.58. The van der Waals surface area contributed by atoms with Crippen LogP contribution in [0.5, 0.6) is 0 Å². The van der Waals surface area contributed by atoms with Crippen molar-refractivity contribution in [1.82, 2.24) is 19.8 Å². The molecule has 150 valence electrons. The van der Waals surface area contributed by atoms with Crippen LogP contribution in [0.4, 0.5) is 0 Å². The maximum atomic E-state index is 13.3. The van der Waals surface area contributed by atoms with Crippen molar-refractivity contribution in [2.45, 2.75) is 37.8 Å². The van der Waals surface area contributed by atoms with Gasteiger partial charge in [0.15, 0.2) is 0 Å². The number of aldehydes is 1. The number of likely N-dealkylation sites (N-methyl/N-ethyl adjacent to an activating group) is 1. The Morgan fingerprint density at radius 3 is 2.93 bits per heavy atom. The van der Waals surface area contributed by atoms with Crippen LogP contribution < -0.4 is 0 Å². The molecule has 0 bridgehead atoms. The standard InChI is InChI=1S/C21H23N5O3/c1-25(20(28)17-8-15-4-5-23-10-18(15)24-17)19(7-13-2-3-13)21(29)26-11-14(12-27)6-16(26)9-22/h4-5,8,10,12-14,16,19,24H,2-3,6-7,11H2,1H3. The second-order valence-corrected chi connectivity index (χ2v) is 8.02. The molecular formula is C21H23N5O3. The Labute approximate surface area is 168 Å². The summed E-state index contributed by atoms with van der Waals surface area (Å²) < 4.78 is 0. The van der Waals surface area contributed by atoms with Crippen molar-refractivity contribution in [2.24, 2.45) is 11.8 Å². The zero-order chi connectivity index (χ0) is 20.5. The monoisotopic (exact) mass is 393 g/mol. The zero-order valence-corrected chi connectivity index (χ0v) is 16.2. The highest BCUT2D eigenvalue weighted by atomic mass is 16.2. The summed E-state index contributed by atoms with van der Waals surface area (Å²) in [7, 11) is 1.63. The van der Waals surface area contributed by atoms with Gasteiger partial charge in [0.05, 0.1) is 17.8 Å². The maximum Gasteiger partial charge on any atom is 0.270 e. The van der Waals surface area contributed by atoms with Crippen LogP contribution in [-0.4, -0.2) is 63.5 Å². The first-order valence-corrected chi connectivity index (χ1v) is 9.87. The predicted octanol–water partition coefficient (Wildman–Crippen LogP) is 1.74. The molecule has 2 fully saturated rings. The summed E-state index contributed by atoms with van der Waals surface area (Å²) in [6, 6.07) is 4.43. The number of pyridine rings is 1. The molecule has 1 aliphatic heterocycles. The molecule has 8 heteroatoms. The van der Waals surface area contributed by atoms with Crippen LogP contribution in [0.3, 0.4) is 0 Å². The number of H-pyrrole nitrogens is 1. The van der Waals surface area contributed by atoms with Crippen LogP contribution in [0.25, 0.3) is 10.9 Å². The Morgan fingerprint density at radius 1 is 1.48 bits per heavy atom. The van der Waals surface area contributed by atoms with Crippen molar-refractivity contribution in [1.29, 1.82) is 5.26 Å². The van der Waals surface area contributed by atoms with Crippen LogP contribution in [0, 0.1) is 23.2 Å². The normalized spacial score (nSPS) is 22.3. The van der Waals surface area contributed by atoms with E-state index in [0.717, 1.165) is 30.0 Å². The lowest BCUT2D eigenvalue weighted by molar-refractivity contribution is -0.136. The molecule has 0 aromatic carbocycles. The Morgan fingerprint density at radius 2 is 2.28 bits per heavy atom. The fraction of sp³-hybridized carbons (Fsp3) is 0.476. The number of hydrogen-bond acceptors (Lipinski definition) is 5. The number of rotatable bonds is 6. The number of nitrogens with zero attached hydrogens (tertiary/aromatic N) is 4. The predicted molar refractivity (Wildman–Crippen MR) is 105 cm³/mol. The van der Waals surface area contributed by atoms with Gasteiger partial charge in [-0.3, -0.25) is 14.6 Å². The first-order chi connectivity index (χ1) is 14.0. The summed E-state index contributed by atoms with van der Waals surface area (Å²) in [6.07, 6.45) is 7.14. The van der Waals surface area contributed by atoms with Gasteiger partial charge in [-0.25, -0.2) is 0 Å². The van der Waals surface area contributed by atoms with E-state index in [1.54, 1.807) is 25.5 Å². The molecule has 0 radical (unpaired) electrons. The number of likely N-dealkylation sites (tertiary alicyclic amines) is 1. The molecule has 4 rings (SSSR count). The molecule has 1 N–H and O–H groups in total. The first kappa shape index (κ1) is 19.1. The van der Waals surface area contributed by atoms with Crippen LogP contribution in [0.1, 0.15) is 36.2 Å². The molecule has 3 atom stereocenters. The molecule has 2 amide bonds. The molecule has 2 aromatic heterocycles. The first-order valence-electron chi connectivity index (χ1n) is 9.87. The van der Waals surface area contributed by atoms with Gasteiger partial charge in [-0.1, -0.05) is 12.8 Å². The zero-order valence-electron chi connectivity index (χ0n) is 16.2. The van der Waals surface area contributed by atoms with Crippen LogP contribution in [-0.2, 0) is 9.59 Å². The van der Waals surface area contributed by atoms with E-state index >= 15 is 0 Å². The van der Waals surface area contributed by atoms with E-state index < -0.39 is 12.1 Å². The van der Waals surface area contributed by atoms with Crippen LogP contribution in [0.15, 0.2) is 24.5 Å². The van der Waals surface area contributed by atoms with E-state index in [0.29, 0.717) is 24.5 Å². The third-order valence-electron chi connectivity index (χ3n) is 5.94. The highest BCUT2D eigenvalue weighted by Gasteiger charge is 2.42. The van der Waals surface area contributed by atoms with Gasteiger partial charge < -0.3 is 19.6 Å². The third kappa shape index (κ3) is 3.73. The van der Waals surface area contributed by atoms with E-state index in [2.05, 4.69) is 16.0 Å². The van der Waals surface area contributed by atoms with E-state index in [4.69, 9.17) is 0 Å². The Hall–Kier alpha value is -3.21. The van der Waals surface area contributed by atoms with Gasteiger partial charge in [-0.15, -0.1) is 0 Å². The van der Waals surface area contributed by atoms with Crippen LogP contribution in [0.2, 0.25) is 0 Å². The van der Waals surface area contributed by atoms with Crippen molar-refractivity contribution < 1.29 is 14.4 Å². The number of aromatic amines is 1. The van der Waals surface area contributed by atoms with Crippen molar-refractivity contribution in [3.63, 3.8) is 0 Å². The van der Waals surface area contributed by atoms with Gasteiger partial charge in [0.2, 0.25) is 5.91 Å². The summed E-state index contributed by atoms with van der Waals surface area (Å²) in [5.74, 6) is -0.440. The van der Waals surface area contributed by atoms with Gasteiger partial charge in [-0.2, -0.15) is 5.26 Å². The smallest absolute Gasteiger partial charge is 0.270 e. The highest BCUT2D eigenvalue weighted by molar-refractivity contribution is 6.00. The number of carbonyl (C=O) groups is 3. The molecule has 1 aliphatic carbocycles. The number of nitriles is 1. The number of carbonyl (C=O) groups excluding carboxylic acids is 3. The molecule has 2 aliphatic rings. The van der Waals surface area contributed by atoms with E-state index in [9.17, 15) is 19.6 Å². The molecule has 1 saturated heterocycles. The lowest BCUT2D eigenvalue weighted by Crippen LogP contribution is -2.51. The number of amides is 2. The van der Waals surface area contributed by atoms with Crippen LogP contribution >= 0.6 is 0 Å². The quantitative estimate of drug-likeness (QED) is 0.752. The number of hydrogen-bond donors (Lipinski definition) is 1. The Kier molecular flexibility index (Phi) is 5.05. The minimum absolute atomic E-state index is 0.238. The number of fused-ring (bicyclic) bond motifs is 1. The minimum atomic E-state index is -0.652. The fourth-order valence-corrected chi connectivity index (χ4v) is 4.04. The summed E-state index contributed by atoms with van der Waals surface area (Å²) in [5, 5.41) is 10.3. The molecule has 8 nitrogen and oxygen atoms in total. The van der Waals surface area contributed by atoms with Crippen molar-refractivity contribution in [3.8, 4) is 6.07 Å².